The van der Waals surface area contributed by atoms with Crippen LogP contribution in [0.15, 0.2) is 23.0 Å². The van der Waals surface area contributed by atoms with Crippen LogP contribution in [0.4, 0.5) is 0 Å². The molecule has 158 valence electrons. The van der Waals surface area contributed by atoms with Gasteiger partial charge in [0.05, 0.1) is 17.3 Å². The first-order valence-electron chi connectivity index (χ1n) is 9.90. The van der Waals surface area contributed by atoms with E-state index in [1.54, 1.807) is 29.7 Å². The molecule has 1 atom stereocenters. The number of nitrogens with one attached hydrogen (secondary N) is 1. The van der Waals surface area contributed by atoms with Crippen LogP contribution in [0.2, 0.25) is 5.02 Å². The molecule has 0 aliphatic carbocycles. The summed E-state index contributed by atoms with van der Waals surface area (Å²) in [5.74, 6) is -0.0616. The number of piperidine rings is 1. The quantitative estimate of drug-likeness (QED) is 0.666. The van der Waals surface area contributed by atoms with Gasteiger partial charge in [0, 0.05) is 25.7 Å². The molecule has 1 N–H and O–H groups in total. The van der Waals surface area contributed by atoms with Gasteiger partial charge in [0.2, 0.25) is 5.91 Å². The van der Waals surface area contributed by atoms with Gasteiger partial charge in [-0.1, -0.05) is 21.9 Å². The highest BCUT2D eigenvalue weighted by molar-refractivity contribution is 6.30. The summed E-state index contributed by atoms with van der Waals surface area (Å²) < 4.78 is 6.38. The summed E-state index contributed by atoms with van der Waals surface area (Å²) in [4.78, 5) is 31.9. The van der Waals surface area contributed by atoms with Crippen LogP contribution in [0, 0.1) is 19.8 Å². The van der Waals surface area contributed by atoms with Gasteiger partial charge in [-0.15, -0.1) is 0 Å². The Morgan fingerprint density at radius 2 is 2.10 bits per heavy atom. The van der Waals surface area contributed by atoms with E-state index in [2.05, 4.69) is 25.2 Å². The van der Waals surface area contributed by atoms with Crippen molar-refractivity contribution in [1.82, 2.24) is 29.9 Å². The molecule has 2 amide bonds. The third-order valence-corrected chi connectivity index (χ3v) is 5.66. The molecule has 0 aromatic carbocycles. The highest BCUT2D eigenvalue weighted by atomic mass is 35.5. The molecule has 1 aliphatic rings. The molecule has 0 radical (unpaired) electrons. The number of likely N-dealkylation sites (tertiary alicyclic amines) is 1. The minimum absolute atomic E-state index is 0.0746. The number of carbonyl (C=O) groups is 2. The third kappa shape index (κ3) is 4.16. The Bertz CT molecular complexity index is 1090. The Morgan fingerprint density at radius 3 is 2.87 bits per heavy atom. The second-order valence-electron chi connectivity index (χ2n) is 7.66. The van der Waals surface area contributed by atoms with Gasteiger partial charge in [-0.2, -0.15) is 0 Å². The minimum Gasteiger partial charge on any atom is -0.350 e. The lowest BCUT2D eigenvalue weighted by atomic mass is 9.94. The predicted molar refractivity (Wildman–Crippen MR) is 109 cm³/mol. The van der Waals surface area contributed by atoms with Crippen LogP contribution in [0.25, 0.3) is 5.65 Å². The first-order valence-corrected chi connectivity index (χ1v) is 10.3. The van der Waals surface area contributed by atoms with Gasteiger partial charge < -0.3 is 10.2 Å². The summed E-state index contributed by atoms with van der Waals surface area (Å²) in [6.07, 6.45) is 3.82. The Labute approximate surface area is 178 Å². The molecule has 9 nitrogen and oxygen atoms in total. The number of aryl methyl sites for hydroxylation is 2. The Balaban J connectivity index is 1.41. The van der Waals surface area contributed by atoms with Gasteiger partial charge in [0.25, 0.3) is 5.91 Å². The van der Waals surface area contributed by atoms with Crippen molar-refractivity contribution in [3.05, 3.63) is 46.1 Å². The first-order chi connectivity index (χ1) is 14.4. The van der Waals surface area contributed by atoms with Crippen LogP contribution >= 0.6 is 11.6 Å². The van der Waals surface area contributed by atoms with E-state index in [4.69, 9.17) is 11.6 Å². The van der Waals surface area contributed by atoms with Crippen LogP contribution in [-0.2, 0) is 11.3 Å². The number of hydrogen-bond acceptors (Lipinski definition) is 6. The number of imidazole rings is 1. The zero-order valence-corrected chi connectivity index (χ0v) is 17.6. The summed E-state index contributed by atoms with van der Waals surface area (Å²) >= 11 is 6.12. The normalized spacial score (nSPS) is 16.8. The standard InChI is InChI=1S/C20H23ClN6O3/c1-12-16(25-30-24-12)9-22-18(28)8-14-4-3-7-26(10-14)20(29)19-13(2)23-17-6-5-15(21)11-27(17)19/h5-6,11,14H,3-4,7-10H2,1-2H3,(H,22,28)/t14-/m1/s1. The van der Waals surface area contributed by atoms with E-state index < -0.39 is 0 Å². The fourth-order valence-electron chi connectivity index (χ4n) is 3.89. The van der Waals surface area contributed by atoms with Gasteiger partial charge in [-0.05, 0) is 44.7 Å². The number of hydrogen-bond donors (Lipinski definition) is 1. The number of aromatic nitrogens is 4. The van der Waals surface area contributed by atoms with Crippen LogP contribution < -0.4 is 5.32 Å². The highest BCUT2D eigenvalue weighted by Gasteiger charge is 2.29. The summed E-state index contributed by atoms with van der Waals surface area (Å²) in [5.41, 5.74) is 3.15. The van der Waals surface area contributed by atoms with Crippen molar-refractivity contribution in [2.45, 2.75) is 39.7 Å². The number of nitrogens with zero attached hydrogens (tertiary/aromatic N) is 5. The van der Waals surface area contributed by atoms with E-state index in [1.807, 2.05) is 11.8 Å². The number of carbonyl (C=O) groups excluding carboxylic acids is 2. The average Bonchev–Trinajstić information content (AvgIpc) is 3.27. The smallest absolute Gasteiger partial charge is 0.272 e. The lowest BCUT2D eigenvalue weighted by molar-refractivity contribution is -0.122. The molecule has 0 unspecified atom stereocenters. The molecule has 1 aliphatic heterocycles. The number of halogens is 1. The molecule has 4 rings (SSSR count). The fraction of sp³-hybridized carbons (Fsp3) is 0.450. The van der Waals surface area contributed by atoms with Gasteiger partial charge in [-0.25, -0.2) is 9.61 Å². The van der Waals surface area contributed by atoms with E-state index in [-0.39, 0.29) is 24.3 Å². The Hall–Kier alpha value is -2.94. The molecule has 0 bridgehead atoms. The molecule has 30 heavy (non-hydrogen) atoms. The Kier molecular flexibility index (Phi) is 5.72. The Morgan fingerprint density at radius 1 is 1.27 bits per heavy atom. The van der Waals surface area contributed by atoms with Crippen molar-refractivity contribution in [3.63, 3.8) is 0 Å². The molecule has 1 fully saturated rings. The number of rotatable bonds is 5. The topological polar surface area (TPSA) is 106 Å². The highest BCUT2D eigenvalue weighted by Crippen LogP contribution is 2.23. The van der Waals surface area contributed by atoms with Gasteiger partial charge in [0.15, 0.2) is 0 Å². The average molecular weight is 431 g/mol. The van der Waals surface area contributed by atoms with Gasteiger partial charge in [0.1, 0.15) is 22.7 Å². The first kappa shape index (κ1) is 20.3. The molecule has 4 heterocycles. The molecule has 3 aromatic heterocycles. The van der Waals surface area contributed by atoms with Crippen molar-refractivity contribution in [1.29, 1.82) is 0 Å². The van der Waals surface area contributed by atoms with Crippen molar-refractivity contribution < 1.29 is 14.2 Å². The number of pyridine rings is 1. The van der Waals surface area contributed by atoms with E-state index in [1.165, 1.54) is 0 Å². The van der Waals surface area contributed by atoms with Gasteiger partial charge in [-0.3, -0.25) is 14.0 Å². The number of amides is 2. The summed E-state index contributed by atoms with van der Waals surface area (Å²) in [7, 11) is 0. The zero-order valence-electron chi connectivity index (χ0n) is 16.9. The maximum absolute atomic E-state index is 13.3. The lowest BCUT2D eigenvalue weighted by Crippen LogP contribution is -2.42. The summed E-state index contributed by atoms with van der Waals surface area (Å²) in [5, 5.41) is 10.9. The fourth-order valence-corrected chi connectivity index (χ4v) is 4.05. The van der Waals surface area contributed by atoms with Crippen molar-refractivity contribution in [2.24, 2.45) is 5.92 Å². The van der Waals surface area contributed by atoms with Crippen LogP contribution in [0.1, 0.15) is 46.8 Å². The van der Waals surface area contributed by atoms with Crippen molar-refractivity contribution in [2.75, 3.05) is 13.1 Å². The molecule has 1 saturated heterocycles. The molecule has 0 saturated carbocycles. The molecule has 3 aromatic rings. The van der Waals surface area contributed by atoms with Crippen molar-refractivity contribution >= 4 is 29.1 Å². The van der Waals surface area contributed by atoms with Gasteiger partial charge >= 0.3 is 0 Å². The molecular formula is C20H23ClN6O3. The second kappa shape index (κ2) is 8.43. The van der Waals surface area contributed by atoms with Crippen LogP contribution in [0.3, 0.4) is 0 Å². The summed E-state index contributed by atoms with van der Waals surface area (Å²) in [6, 6.07) is 3.55. The largest absolute Gasteiger partial charge is 0.350 e. The molecular weight excluding hydrogens is 408 g/mol. The lowest BCUT2D eigenvalue weighted by Gasteiger charge is -2.32. The SMILES string of the molecule is Cc1nonc1CNC(=O)C[C@H]1CCCN(C(=O)c2c(C)nc3ccc(Cl)cn23)C1. The zero-order chi connectivity index (χ0) is 21.3. The molecule has 10 heteroatoms. The van der Waals surface area contributed by atoms with Crippen LogP contribution in [-0.4, -0.2) is 49.5 Å². The number of fused-ring (bicyclic) bond motifs is 1. The van der Waals surface area contributed by atoms with E-state index >= 15 is 0 Å². The van der Waals surface area contributed by atoms with E-state index in [9.17, 15) is 9.59 Å². The summed E-state index contributed by atoms with van der Waals surface area (Å²) in [6.45, 7) is 5.07. The van der Waals surface area contributed by atoms with E-state index in [0.717, 1.165) is 12.8 Å². The van der Waals surface area contributed by atoms with Crippen LogP contribution in [0.5, 0.6) is 0 Å². The van der Waals surface area contributed by atoms with E-state index in [0.29, 0.717) is 53.0 Å². The monoisotopic (exact) mass is 430 g/mol. The molecule has 0 spiro atoms. The third-order valence-electron chi connectivity index (χ3n) is 5.44. The maximum atomic E-state index is 13.3. The maximum Gasteiger partial charge on any atom is 0.272 e. The second-order valence-corrected chi connectivity index (χ2v) is 8.09. The predicted octanol–water partition coefficient (Wildman–Crippen LogP) is 2.55. The minimum atomic E-state index is -0.0864. The van der Waals surface area contributed by atoms with Crippen molar-refractivity contribution in [3.8, 4) is 0 Å².